The highest BCUT2D eigenvalue weighted by molar-refractivity contribution is 5.85. The molecule has 0 amide bonds. The molecular formula is C29H30N2O. The number of nitrogens with zero attached hydrogens (tertiary/aromatic N) is 1. The fourth-order valence-corrected chi connectivity index (χ4v) is 6.23. The Kier molecular flexibility index (Phi) is 4.80. The number of piperidine rings is 1. The van der Waals surface area contributed by atoms with Crippen LogP contribution in [0.5, 0.6) is 5.75 Å². The lowest BCUT2D eigenvalue weighted by Crippen LogP contribution is -2.53. The number of aromatic nitrogens is 1. The predicted molar refractivity (Wildman–Crippen MR) is 130 cm³/mol. The minimum atomic E-state index is 0.148. The summed E-state index contributed by atoms with van der Waals surface area (Å²) in [5.41, 5.74) is 7.23. The smallest absolute Gasteiger partial charge is 0.119 e. The Balaban J connectivity index is 1.41. The molecule has 3 heteroatoms. The molecule has 6 rings (SSSR count). The lowest BCUT2D eigenvalue weighted by Gasteiger charge is -2.51. The summed E-state index contributed by atoms with van der Waals surface area (Å²) < 4.78 is 5.62. The molecule has 3 aromatic carbocycles. The number of hydrogen-bond donors (Lipinski definition) is 1. The van der Waals surface area contributed by atoms with Gasteiger partial charge < -0.3 is 9.72 Å². The fourth-order valence-electron chi connectivity index (χ4n) is 6.23. The second-order valence-corrected chi connectivity index (χ2v) is 9.56. The van der Waals surface area contributed by atoms with Crippen molar-refractivity contribution in [2.24, 2.45) is 5.92 Å². The average Bonchev–Trinajstić information content (AvgIpc) is 3.20. The minimum absolute atomic E-state index is 0.148. The first kappa shape index (κ1) is 19.6. The zero-order valence-electron chi connectivity index (χ0n) is 18.7. The average molecular weight is 423 g/mol. The molecule has 4 aromatic rings. The molecule has 32 heavy (non-hydrogen) atoms. The van der Waals surface area contributed by atoms with Crippen molar-refractivity contribution in [3.63, 3.8) is 0 Å². The van der Waals surface area contributed by atoms with Crippen LogP contribution in [0.25, 0.3) is 10.9 Å². The highest BCUT2D eigenvalue weighted by Gasteiger charge is 2.48. The summed E-state index contributed by atoms with van der Waals surface area (Å²) in [6.07, 6.45) is 3.38. The van der Waals surface area contributed by atoms with Gasteiger partial charge in [-0.05, 0) is 66.6 Å². The second-order valence-electron chi connectivity index (χ2n) is 9.56. The van der Waals surface area contributed by atoms with E-state index in [1.807, 2.05) is 0 Å². The first-order valence-corrected chi connectivity index (χ1v) is 11.7. The van der Waals surface area contributed by atoms with Crippen molar-refractivity contribution in [1.82, 2.24) is 9.88 Å². The molecule has 0 spiro atoms. The fraction of sp³-hybridized carbons (Fsp3) is 0.310. The van der Waals surface area contributed by atoms with Gasteiger partial charge in [-0.2, -0.15) is 0 Å². The minimum Gasteiger partial charge on any atom is -0.497 e. The van der Waals surface area contributed by atoms with Gasteiger partial charge in [0.25, 0.3) is 0 Å². The third-order valence-corrected chi connectivity index (χ3v) is 7.87. The van der Waals surface area contributed by atoms with Crippen LogP contribution >= 0.6 is 0 Å². The van der Waals surface area contributed by atoms with E-state index in [0.717, 1.165) is 38.2 Å². The monoisotopic (exact) mass is 422 g/mol. The van der Waals surface area contributed by atoms with E-state index >= 15 is 0 Å². The van der Waals surface area contributed by atoms with Crippen LogP contribution in [0.2, 0.25) is 0 Å². The van der Waals surface area contributed by atoms with Crippen LogP contribution in [0, 0.1) is 5.92 Å². The lowest BCUT2D eigenvalue weighted by atomic mass is 9.58. The van der Waals surface area contributed by atoms with E-state index in [4.69, 9.17) is 4.74 Å². The standard InChI is InChI=1S/C29H30N2O/c1-32-24-11-7-10-22(16-24)29-14-15-31(19-21-8-3-2-4-9-21)20-23(29)17-26-25-12-5-6-13-27(25)30-28(26)18-29/h2-13,16,23,30H,14-15,17-20H2,1H3/t23?,29-/m0/s1. The summed E-state index contributed by atoms with van der Waals surface area (Å²) >= 11 is 0. The molecule has 0 saturated carbocycles. The molecule has 2 atom stereocenters. The van der Waals surface area contributed by atoms with Gasteiger partial charge in [-0.1, -0.05) is 60.7 Å². The van der Waals surface area contributed by atoms with Crippen LogP contribution in [-0.2, 0) is 24.8 Å². The summed E-state index contributed by atoms with van der Waals surface area (Å²) in [7, 11) is 1.77. The number of aromatic amines is 1. The normalized spacial score (nSPS) is 23.0. The SMILES string of the molecule is COc1cccc([C@@]23CCN(Cc4ccccc4)CC2Cc2c([nH]c4ccccc24)C3)c1. The molecule has 1 unspecified atom stereocenters. The zero-order chi connectivity index (χ0) is 21.5. The summed E-state index contributed by atoms with van der Waals surface area (Å²) in [5, 5.41) is 1.40. The van der Waals surface area contributed by atoms with E-state index < -0.39 is 0 Å². The maximum Gasteiger partial charge on any atom is 0.119 e. The summed E-state index contributed by atoms with van der Waals surface area (Å²) in [6.45, 7) is 3.29. The maximum atomic E-state index is 5.62. The maximum absolute atomic E-state index is 5.62. The Labute approximate surface area is 190 Å². The number of rotatable bonds is 4. The molecule has 2 heterocycles. The van der Waals surface area contributed by atoms with Gasteiger partial charge in [-0.25, -0.2) is 0 Å². The molecule has 1 fully saturated rings. The van der Waals surface area contributed by atoms with Crippen molar-refractivity contribution in [1.29, 1.82) is 0 Å². The molecule has 0 radical (unpaired) electrons. The van der Waals surface area contributed by atoms with Gasteiger partial charge in [0, 0.05) is 35.1 Å². The van der Waals surface area contributed by atoms with Crippen molar-refractivity contribution in [3.8, 4) is 5.75 Å². The number of likely N-dealkylation sites (tertiary alicyclic amines) is 1. The first-order chi connectivity index (χ1) is 15.7. The van der Waals surface area contributed by atoms with E-state index in [0.29, 0.717) is 5.92 Å². The van der Waals surface area contributed by atoms with Gasteiger partial charge >= 0.3 is 0 Å². The van der Waals surface area contributed by atoms with Gasteiger partial charge in [0.2, 0.25) is 0 Å². The number of benzene rings is 3. The molecule has 1 N–H and O–H groups in total. The van der Waals surface area contributed by atoms with Crippen LogP contribution in [0.4, 0.5) is 0 Å². The zero-order valence-corrected chi connectivity index (χ0v) is 18.7. The number of fused-ring (bicyclic) bond motifs is 4. The molecule has 1 saturated heterocycles. The highest BCUT2D eigenvalue weighted by Crippen LogP contribution is 2.49. The molecule has 3 nitrogen and oxygen atoms in total. The Morgan fingerprint density at radius 2 is 1.84 bits per heavy atom. The van der Waals surface area contributed by atoms with E-state index in [1.54, 1.807) is 7.11 Å². The number of para-hydroxylation sites is 1. The van der Waals surface area contributed by atoms with Crippen molar-refractivity contribution < 1.29 is 4.74 Å². The first-order valence-electron chi connectivity index (χ1n) is 11.7. The Morgan fingerprint density at radius 3 is 2.72 bits per heavy atom. The van der Waals surface area contributed by atoms with Gasteiger partial charge in [0.15, 0.2) is 0 Å². The van der Waals surface area contributed by atoms with Crippen molar-refractivity contribution in [2.45, 2.75) is 31.2 Å². The van der Waals surface area contributed by atoms with Crippen molar-refractivity contribution in [3.05, 3.63) is 101 Å². The predicted octanol–water partition coefficient (Wildman–Crippen LogP) is 5.74. The van der Waals surface area contributed by atoms with Crippen LogP contribution in [-0.4, -0.2) is 30.1 Å². The Hall–Kier alpha value is -3.04. The van der Waals surface area contributed by atoms with Crippen LogP contribution in [0.15, 0.2) is 78.9 Å². The van der Waals surface area contributed by atoms with E-state index in [1.165, 1.54) is 39.7 Å². The number of ether oxygens (including phenoxy) is 1. The van der Waals surface area contributed by atoms with Gasteiger partial charge in [0.05, 0.1) is 7.11 Å². The van der Waals surface area contributed by atoms with E-state index in [-0.39, 0.29) is 5.41 Å². The molecule has 0 bridgehead atoms. The quantitative estimate of drug-likeness (QED) is 0.455. The molecule has 162 valence electrons. The molecule has 2 aliphatic rings. The Morgan fingerprint density at radius 1 is 1.00 bits per heavy atom. The number of methoxy groups -OCH3 is 1. The number of hydrogen-bond acceptors (Lipinski definition) is 2. The largest absolute Gasteiger partial charge is 0.497 e. The molecule has 1 aromatic heterocycles. The second kappa shape index (κ2) is 7.83. The lowest BCUT2D eigenvalue weighted by molar-refractivity contribution is 0.0765. The van der Waals surface area contributed by atoms with Crippen molar-refractivity contribution >= 4 is 10.9 Å². The topological polar surface area (TPSA) is 28.3 Å². The highest BCUT2D eigenvalue weighted by atomic mass is 16.5. The van der Waals surface area contributed by atoms with Gasteiger partial charge in [0.1, 0.15) is 5.75 Å². The number of H-pyrrole nitrogens is 1. The Bertz CT molecular complexity index is 1240. The summed E-state index contributed by atoms with van der Waals surface area (Å²) in [6, 6.07) is 28.6. The van der Waals surface area contributed by atoms with Crippen molar-refractivity contribution in [2.75, 3.05) is 20.2 Å². The van der Waals surface area contributed by atoms with E-state index in [2.05, 4.69) is 88.7 Å². The van der Waals surface area contributed by atoms with Gasteiger partial charge in [-0.15, -0.1) is 0 Å². The van der Waals surface area contributed by atoms with E-state index in [9.17, 15) is 0 Å². The molecule has 1 aliphatic heterocycles. The van der Waals surface area contributed by atoms with Crippen LogP contribution in [0.1, 0.15) is 28.8 Å². The third-order valence-electron chi connectivity index (χ3n) is 7.87. The third kappa shape index (κ3) is 3.23. The molecule has 1 aliphatic carbocycles. The van der Waals surface area contributed by atoms with Crippen LogP contribution in [0.3, 0.4) is 0 Å². The summed E-state index contributed by atoms with van der Waals surface area (Å²) in [5.74, 6) is 1.54. The number of nitrogens with one attached hydrogen (secondary N) is 1. The molecular weight excluding hydrogens is 392 g/mol. The van der Waals surface area contributed by atoms with Crippen LogP contribution < -0.4 is 4.74 Å². The van der Waals surface area contributed by atoms with Gasteiger partial charge in [-0.3, -0.25) is 4.90 Å². The summed E-state index contributed by atoms with van der Waals surface area (Å²) in [4.78, 5) is 6.44.